The molecule has 2 heterocycles. The number of aliphatic hydroxyl groups excluding tert-OH is 4. The van der Waals surface area contributed by atoms with E-state index in [0.717, 1.165) is 22.2 Å². The Morgan fingerprint density at radius 3 is 2.53 bits per heavy atom. The van der Waals surface area contributed by atoms with Crippen LogP contribution >= 0.6 is 0 Å². The molecule has 160 valence electrons. The predicted molar refractivity (Wildman–Crippen MR) is 108 cm³/mol. The molecule has 1 aliphatic heterocycles. The van der Waals surface area contributed by atoms with E-state index in [1.807, 2.05) is 43.5 Å². The van der Waals surface area contributed by atoms with Crippen molar-refractivity contribution in [1.29, 1.82) is 0 Å². The Bertz CT molecular complexity index is 1020. The van der Waals surface area contributed by atoms with Crippen LogP contribution in [0.2, 0.25) is 0 Å². The second-order valence-electron chi connectivity index (χ2n) is 7.65. The fourth-order valence-corrected chi connectivity index (χ4v) is 3.75. The molecule has 0 amide bonds. The average molecular weight is 415 g/mol. The van der Waals surface area contributed by atoms with E-state index in [2.05, 4.69) is 4.98 Å². The lowest BCUT2D eigenvalue weighted by Gasteiger charge is -2.45. The van der Waals surface area contributed by atoms with Gasteiger partial charge in [0.05, 0.1) is 6.61 Å². The number of aromatic nitrogens is 1. The number of nitrogens with one attached hydrogen (secondary N) is 1. The highest BCUT2D eigenvalue weighted by atomic mass is 16.7. The van der Waals surface area contributed by atoms with Gasteiger partial charge < -0.3 is 40.0 Å². The van der Waals surface area contributed by atoms with E-state index in [9.17, 15) is 25.5 Å². The van der Waals surface area contributed by atoms with E-state index in [1.54, 1.807) is 12.1 Å². The maximum absolute atomic E-state index is 10.9. The molecule has 0 saturated carbocycles. The zero-order chi connectivity index (χ0) is 21.5. The smallest absolute Gasteiger partial charge is 0.288 e. The van der Waals surface area contributed by atoms with Gasteiger partial charge in [0.15, 0.2) is 6.10 Å². The molecule has 1 aliphatic rings. The van der Waals surface area contributed by atoms with Crippen LogP contribution in [0.1, 0.15) is 16.7 Å². The second kappa shape index (κ2) is 7.99. The van der Waals surface area contributed by atoms with Gasteiger partial charge in [-0.15, -0.1) is 0 Å². The highest BCUT2D eigenvalue weighted by molar-refractivity contribution is 5.89. The third-order valence-electron chi connectivity index (χ3n) is 5.50. The molecule has 3 aromatic rings. The lowest BCUT2D eigenvalue weighted by molar-refractivity contribution is -0.385. The Hall–Kier alpha value is -2.46. The molecule has 1 fully saturated rings. The van der Waals surface area contributed by atoms with Crippen LogP contribution in [0.15, 0.2) is 48.7 Å². The molecule has 4 rings (SSSR count). The van der Waals surface area contributed by atoms with Gasteiger partial charge in [0.25, 0.3) is 5.79 Å². The first-order chi connectivity index (χ1) is 14.3. The Morgan fingerprint density at radius 1 is 1.10 bits per heavy atom. The quantitative estimate of drug-likeness (QED) is 0.335. The van der Waals surface area contributed by atoms with E-state index in [-0.39, 0.29) is 5.75 Å². The first-order valence-corrected chi connectivity index (χ1v) is 9.70. The lowest BCUT2D eigenvalue weighted by Crippen LogP contribution is -2.69. The fourth-order valence-electron chi connectivity index (χ4n) is 3.75. The van der Waals surface area contributed by atoms with E-state index in [0.29, 0.717) is 11.8 Å². The molecule has 8 nitrogen and oxygen atoms in total. The molecule has 8 heteroatoms. The number of benzene rings is 2. The standard InChI is InChI=1S/C22H25NO7/c1-12-5-7-13(8-6-12)9-14-10-23-15-3-2-4-16(18(14)15)30-22(28)20(26)19(25)17(11-24)29-21(22)27/h2-8,10,17,19-21,23-28H,9,11H2,1H3/t17-,19-,20+,21?,22+/m1/s1. The maximum atomic E-state index is 10.9. The van der Waals surface area contributed by atoms with E-state index < -0.39 is 37.0 Å². The number of hydrogen-bond acceptors (Lipinski definition) is 7. The van der Waals surface area contributed by atoms with Crippen LogP contribution in [-0.2, 0) is 11.2 Å². The van der Waals surface area contributed by atoms with Gasteiger partial charge in [0, 0.05) is 17.1 Å². The number of fused-ring (bicyclic) bond motifs is 1. The number of aliphatic hydroxyl groups is 5. The largest absolute Gasteiger partial charge is 0.454 e. The summed E-state index contributed by atoms with van der Waals surface area (Å²) in [5, 5.41) is 51.5. The number of ether oxygens (including phenoxy) is 2. The minimum Gasteiger partial charge on any atom is -0.454 e. The maximum Gasteiger partial charge on any atom is 0.288 e. The fraction of sp³-hybridized carbons (Fsp3) is 0.364. The first kappa shape index (κ1) is 20.8. The molecule has 30 heavy (non-hydrogen) atoms. The molecule has 1 unspecified atom stereocenters. The van der Waals surface area contributed by atoms with Gasteiger partial charge in [-0.1, -0.05) is 35.9 Å². The number of rotatable bonds is 5. The summed E-state index contributed by atoms with van der Waals surface area (Å²) in [5.41, 5.74) is 3.87. The van der Waals surface area contributed by atoms with Crippen LogP contribution in [0.5, 0.6) is 5.75 Å². The Kier molecular flexibility index (Phi) is 5.54. The monoisotopic (exact) mass is 415 g/mol. The molecule has 0 spiro atoms. The summed E-state index contributed by atoms with van der Waals surface area (Å²) in [6.45, 7) is 1.38. The molecular formula is C22H25NO7. The zero-order valence-electron chi connectivity index (χ0n) is 16.4. The normalized spacial score (nSPS) is 29.3. The van der Waals surface area contributed by atoms with Crippen LogP contribution < -0.4 is 4.74 Å². The van der Waals surface area contributed by atoms with Crippen molar-refractivity contribution in [3.8, 4) is 5.75 Å². The van der Waals surface area contributed by atoms with Crippen molar-refractivity contribution in [2.24, 2.45) is 0 Å². The number of H-pyrrole nitrogens is 1. The van der Waals surface area contributed by atoms with Gasteiger partial charge in [0.1, 0.15) is 18.0 Å². The van der Waals surface area contributed by atoms with Crippen molar-refractivity contribution in [3.05, 3.63) is 65.4 Å². The summed E-state index contributed by atoms with van der Waals surface area (Å²) in [6, 6.07) is 13.2. The molecule has 0 aliphatic carbocycles. The van der Waals surface area contributed by atoms with Gasteiger partial charge in [0.2, 0.25) is 6.29 Å². The van der Waals surface area contributed by atoms with Crippen LogP contribution in [0.25, 0.3) is 10.9 Å². The van der Waals surface area contributed by atoms with Gasteiger partial charge in [-0.25, -0.2) is 0 Å². The van der Waals surface area contributed by atoms with Crippen LogP contribution in [-0.4, -0.2) is 67.5 Å². The number of aromatic amines is 1. The highest BCUT2D eigenvalue weighted by Crippen LogP contribution is 2.36. The molecule has 1 saturated heterocycles. The van der Waals surface area contributed by atoms with Crippen molar-refractivity contribution < 1.29 is 35.0 Å². The van der Waals surface area contributed by atoms with Gasteiger partial charge in [-0.2, -0.15) is 0 Å². The van der Waals surface area contributed by atoms with Crippen molar-refractivity contribution in [2.75, 3.05) is 6.61 Å². The molecule has 0 radical (unpaired) electrons. The summed E-state index contributed by atoms with van der Waals surface area (Å²) in [5.74, 6) is -2.42. The highest BCUT2D eigenvalue weighted by Gasteiger charge is 2.57. The minimum atomic E-state index is -2.63. The predicted octanol–water partition coefficient (Wildman–Crippen LogP) is 0.566. The second-order valence-corrected chi connectivity index (χ2v) is 7.65. The number of aryl methyl sites for hydroxylation is 1. The van der Waals surface area contributed by atoms with Gasteiger partial charge in [-0.3, -0.25) is 0 Å². The Labute approximate surface area is 172 Å². The first-order valence-electron chi connectivity index (χ1n) is 9.70. The van der Waals surface area contributed by atoms with Crippen molar-refractivity contribution in [2.45, 2.75) is 43.7 Å². The summed E-state index contributed by atoms with van der Waals surface area (Å²) < 4.78 is 10.7. The number of hydrogen-bond donors (Lipinski definition) is 6. The summed E-state index contributed by atoms with van der Waals surface area (Å²) in [4.78, 5) is 3.16. The Balaban J connectivity index is 1.69. The topological polar surface area (TPSA) is 135 Å². The van der Waals surface area contributed by atoms with Crippen molar-refractivity contribution in [1.82, 2.24) is 4.98 Å². The lowest BCUT2D eigenvalue weighted by atomic mass is 9.95. The van der Waals surface area contributed by atoms with Gasteiger partial charge in [-0.05, 0) is 36.6 Å². The molecule has 2 aromatic carbocycles. The van der Waals surface area contributed by atoms with Crippen molar-refractivity contribution in [3.63, 3.8) is 0 Å². The Morgan fingerprint density at radius 2 is 1.83 bits per heavy atom. The molecule has 6 N–H and O–H groups in total. The SMILES string of the molecule is Cc1ccc(Cc2c[nH]c3cccc(O[C@]4(O)C(O)O[C@H](CO)[C@@H](O)[C@@H]4O)c23)cc1. The average Bonchev–Trinajstić information content (AvgIpc) is 3.15. The van der Waals surface area contributed by atoms with Crippen molar-refractivity contribution >= 4 is 10.9 Å². The molecule has 0 bridgehead atoms. The summed E-state index contributed by atoms with van der Waals surface area (Å²) in [7, 11) is 0. The molecule has 1 aromatic heterocycles. The minimum absolute atomic E-state index is 0.203. The van der Waals surface area contributed by atoms with Crippen LogP contribution in [0.3, 0.4) is 0 Å². The van der Waals surface area contributed by atoms with E-state index in [4.69, 9.17) is 9.47 Å². The van der Waals surface area contributed by atoms with E-state index in [1.165, 1.54) is 0 Å². The molecule has 5 atom stereocenters. The molecular weight excluding hydrogens is 390 g/mol. The summed E-state index contributed by atoms with van der Waals surface area (Å²) in [6.07, 6.45) is -4.37. The summed E-state index contributed by atoms with van der Waals surface area (Å²) >= 11 is 0. The third kappa shape index (κ3) is 3.58. The van der Waals surface area contributed by atoms with Crippen LogP contribution in [0, 0.1) is 6.92 Å². The van der Waals surface area contributed by atoms with Crippen LogP contribution in [0.4, 0.5) is 0 Å². The zero-order valence-corrected chi connectivity index (χ0v) is 16.4. The third-order valence-corrected chi connectivity index (χ3v) is 5.50. The van der Waals surface area contributed by atoms with Gasteiger partial charge >= 0.3 is 0 Å². The van der Waals surface area contributed by atoms with E-state index >= 15 is 0 Å².